The number of esters is 2. The number of hydrogen-bond donors (Lipinski definition) is 0. The Morgan fingerprint density at radius 2 is 1.45 bits per heavy atom. The molecule has 2 aromatic carbocycles. The van der Waals surface area contributed by atoms with Crippen LogP contribution in [0.3, 0.4) is 0 Å². The molecule has 0 heterocycles. The molecular weight excluding hydrogens is 520 g/mol. The molecule has 0 saturated heterocycles. The van der Waals surface area contributed by atoms with Gasteiger partial charge in [-0.05, 0) is 54.9 Å². The van der Waals surface area contributed by atoms with Gasteiger partial charge in [-0.2, -0.15) is 0 Å². The van der Waals surface area contributed by atoms with Crippen LogP contribution in [0.5, 0.6) is 0 Å². The summed E-state index contributed by atoms with van der Waals surface area (Å²) in [5, 5.41) is 2.27. The smallest absolute Gasteiger partial charge is 0.334 e. The summed E-state index contributed by atoms with van der Waals surface area (Å²) in [6, 6.07) is 21.0. The second-order valence-electron chi connectivity index (χ2n) is 11.5. The van der Waals surface area contributed by atoms with Crippen molar-refractivity contribution in [2.24, 2.45) is 5.41 Å². The summed E-state index contributed by atoms with van der Waals surface area (Å²) in [7, 11) is -2.70. The van der Waals surface area contributed by atoms with Gasteiger partial charge in [0.15, 0.2) is 0 Å². The first-order valence-electron chi connectivity index (χ1n) is 14.4. The number of carbonyl (C=O) groups excluding carboxylic acids is 3. The minimum Gasteiger partial charge on any atom is -0.466 e. The average Bonchev–Trinajstić information content (AvgIpc) is 3.32. The maximum absolute atomic E-state index is 13.0. The Morgan fingerprint density at radius 1 is 0.875 bits per heavy atom. The molecule has 0 unspecified atom stereocenters. The molecule has 0 radical (unpaired) electrons. The lowest BCUT2D eigenvalue weighted by Gasteiger charge is -2.43. The minimum atomic E-state index is -2.70. The van der Waals surface area contributed by atoms with Gasteiger partial charge in [0, 0.05) is 24.0 Å². The first-order valence-corrected chi connectivity index (χ1v) is 16.3. The Balaban J connectivity index is 1.87. The molecule has 2 aromatic rings. The van der Waals surface area contributed by atoms with E-state index in [1.165, 1.54) is 10.4 Å². The summed E-state index contributed by atoms with van der Waals surface area (Å²) >= 11 is 0. The average molecular weight is 565 g/mol. The lowest BCUT2D eigenvalue weighted by atomic mass is 9.73. The molecule has 0 fully saturated rings. The quantitative estimate of drug-likeness (QED) is 0.130. The maximum Gasteiger partial charge on any atom is 0.334 e. The number of rotatable bonds is 14. The minimum absolute atomic E-state index is 0.107. The van der Waals surface area contributed by atoms with Gasteiger partial charge in [-0.25, -0.2) is 4.79 Å². The topological polar surface area (TPSA) is 78.9 Å². The summed E-state index contributed by atoms with van der Waals surface area (Å²) in [5.74, 6) is -1.13. The zero-order chi connectivity index (χ0) is 29.2. The molecule has 0 aliphatic heterocycles. The Hall–Kier alpha value is -3.03. The number of Topliss-reactive ketones (excluding diaryl/α,β-unsaturated/α-hetero) is 1. The Labute approximate surface area is 240 Å². The first-order chi connectivity index (χ1) is 19.1. The standard InChI is InChI=1S/C33H44O6Si/c1-6-37-30(35)24-26(34)25-33(21-14-20-29(33)31(36)38-7-2)22-15-23-39-40(32(3,4)5,27-16-10-8-11-17-27)28-18-12-9-13-19-28/h8-13,16-20H,6-7,14-15,21-25H2,1-5H3/t33-/m0/s1. The van der Waals surface area contributed by atoms with Gasteiger partial charge < -0.3 is 13.9 Å². The van der Waals surface area contributed by atoms with Crippen LogP contribution in [0.2, 0.25) is 5.04 Å². The van der Waals surface area contributed by atoms with Gasteiger partial charge in [0.2, 0.25) is 0 Å². The maximum atomic E-state index is 13.0. The number of ether oxygens (including phenoxy) is 2. The van der Waals surface area contributed by atoms with E-state index < -0.39 is 19.7 Å². The van der Waals surface area contributed by atoms with Crippen LogP contribution >= 0.6 is 0 Å². The molecule has 0 amide bonds. The van der Waals surface area contributed by atoms with E-state index in [0.717, 1.165) is 0 Å². The largest absolute Gasteiger partial charge is 0.466 e. The van der Waals surface area contributed by atoms with E-state index in [-0.39, 0.29) is 42.8 Å². The Kier molecular flexibility index (Phi) is 11.1. The lowest BCUT2D eigenvalue weighted by molar-refractivity contribution is -0.145. The van der Waals surface area contributed by atoms with Crippen molar-refractivity contribution in [3.05, 3.63) is 72.3 Å². The van der Waals surface area contributed by atoms with E-state index >= 15 is 0 Å². The highest BCUT2D eigenvalue weighted by molar-refractivity contribution is 6.99. The zero-order valence-corrected chi connectivity index (χ0v) is 25.7. The third-order valence-electron chi connectivity index (χ3n) is 7.76. The van der Waals surface area contributed by atoms with Crippen molar-refractivity contribution in [2.75, 3.05) is 19.8 Å². The van der Waals surface area contributed by atoms with E-state index in [0.29, 0.717) is 37.9 Å². The van der Waals surface area contributed by atoms with Crippen molar-refractivity contribution < 1.29 is 28.3 Å². The monoisotopic (exact) mass is 564 g/mol. The van der Waals surface area contributed by atoms with Gasteiger partial charge >= 0.3 is 11.9 Å². The number of benzene rings is 2. The zero-order valence-electron chi connectivity index (χ0n) is 24.7. The predicted octanol–water partition coefficient (Wildman–Crippen LogP) is 5.53. The molecule has 0 saturated carbocycles. The highest BCUT2D eigenvalue weighted by Crippen LogP contribution is 2.47. The molecule has 3 rings (SSSR count). The van der Waals surface area contributed by atoms with Crippen molar-refractivity contribution in [3.8, 4) is 0 Å². The number of hydrogen-bond acceptors (Lipinski definition) is 6. The lowest BCUT2D eigenvalue weighted by Crippen LogP contribution is -2.66. The van der Waals surface area contributed by atoms with E-state index in [1.807, 2.05) is 18.2 Å². The summed E-state index contributed by atoms with van der Waals surface area (Å²) in [4.78, 5) is 38.0. The van der Waals surface area contributed by atoms with Gasteiger partial charge in [-0.3, -0.25) is 9.59 Å². The van der Waals surface area contributed by atoms with E-state index in [2.05, 4.69) is 69.3 Å². The molecule has 0 spiro atoms. The van der Waals surface area contributed by atoms with Crippen LogP contribution in [-0.2, 0) is 28.3 Å². The second kappa shape index (κ2) is 14.0. The molecule has 7 heteroatoms. The third-order valence-corrected chi connectivity index (χ3v) is 12.8. The molecule has 1 atom stereocenters. The first kappa shape index (κ1) is 31.5. The molecular formula is C33H44O6Si. The van der Waals surface area contributed by atoms with Crippen molar-refractivity contribution in [1.82, 2.24) is 0 Å². The van der Waals surface area contributed by atoms with Crippen LogP contribution in [0, 0.1) is 5.41 Å². The van der Waals surface area contributed by atoms with Crippen molar-refractivity contribution >= 4 is 36.4 Å². The molecule has 0 N–H and O–H groups in total. The van der Waals surface area contributed by atoms with Crippen LogP contribution in [0.1, 0.15) is 73.1 Å². The fourth-order valence-electron chi connectivity index (χ4n) is 6.09. The van der Waals surface area contributed by atoms with E-state index in [1.54, 1.807) is 13.8 Å². The second-order valence-corrected chi connectivity index (χ2v) is 15.8. The predicted molar refractivity (Wildman–Crippen MR) is 160 cm³/mol. The molecule has 0 bridgehead atoms. The van der Waals surface area contributed by atoms with Crippen LogP contribution < -0.4 is 10.4 Å². The summed E-state index contributed by atoms with van der Waals surface area (Å²) in [6.07, 6.45) is 4.32. The summed E-state index contributed by atoms with van der Waals surface area (Å²) < 4.78 is 17.4. The number of carbonyl (C=O) groups is 3. The molecule has 40 heavy (non-hydrogen) atoms. The van der Waals surface area contributed by atoms with Crippen molar-refractivity contribution in [2.45, 2.75) is 78.2 Å². The van der Waals surface area contributed by atoms with E-state index in [9.17, 15) is 14.4 Å². The summed E-state index contributed by atoms with van der Waals surface area (Å²) in [6.45, 7) is 11.2. The Bertz CT molecular complexity index is 1130. The van der Waals surface area contributed by atoms with Crippen LogP contribution in [0.15, 0.2) is 72.3 Å². The van der Waals surface area contributed by atoms with Crippen LogP contribution in [-0.4, -0.2) is 45.9 Å². The highest BCUT2D eigenvalue weighted by atomic mass is 28.4. The van der Waals surface area contributed by atoms with Gasteiger partial charge in [0.1, 0.15) is 12.2 Å². The highest BCUT2D eigenvalue weighted by Gasteiger charge is 2.50. The Morgan fingerprint density at radius 3 is 1.98 bits per heavy atom. The molecule has 0 aromatic heterocycles. The fourth-order valence-corrected chi connectivity index (χ4v) is 10.7. The van der Waals surface area contributed by atoms with Gasteiger partial charge in [-0.15, -0.1) is 0 Å². The van der Waals surface area contributed by atoms with Crippen LogP contribution in [0.25, 0.3) is 0 Å². The van der Waals surface area contributed by atoms with Gasteiger partial charge in [0.05, 0.1) is 13.2 Å². The SMILES string of the molecule is CCOC(=O)CC(=O)C[C@@]1(CCCO[Si](c2ccccc2)(c2ccccc2)C(C)(C)C)CCC=C1C(=O)OCC. The fraction of sp³-hybridized carbons (Fsp3) is 0.485. The van der Waals surface area contributed by atoms with Gasteiger partial charge in [-0.1, -0.05) is 87.5 Å². The van der Waals surface area contributed by atoms with Gasteiger partial charge in [0.25, 0.3) is 8.32 Å². The van der Waals surface area contributed by atoms with E-state index in [4.69, 9.17) is 13.9 Å². The van der Waals surface area contributed by atoms with Crippen LogP contribution in [0.4, 0.5) is 0 Å². The molecule has 6 nitrogen and oxygen atoms in total. The third kappa shape index (κ3) is 7.18. The number of ketones is 1. The summed E-state index contributed by atoms with van der Waals surface area (Å²) in [5.41, 5.74) is -0.123. The molecule has 1 aliphatic rings. The van der Waals surface area contributed by atoms with Crippen molar-refractivity contribution in [3.63, 3.8) is 0 Å². The normalized spacial score (nSPS) is 17.3. The van der Waals surface area contributed by atoms with Crippen molar-refractivity contribution in [1.29, 1.82) is 0 Å². The molecule has 216 valence electrons. The molecule has 1 aliphatic carbocycles. The number of allylic oxidation sites excluding steroid dienone is 1.